The summed E-state index contributed by atoms with van der Waals surface area (Å²) < 4.78 is 0. The third kappa shape index (κ3) is 3.03. The molecule has 1 aliphatic heterocycles. The van der Waals surface area contributed by atoms with E-state index in [4.69, 9.17) is 5.84 Å². The number of amides is 1. The Labute approximate surface area is 146 Å². The predicted molar refractivity (Wildman–Crippen MR) is 98.0 cm³/mol. The fraction of sp³-hybridized carbons (Fsp3) is 0.300. The number of nitrogens with one attached hydrogen (secondary N) is 1. The van der Waals surface area contributed by atoms with Gasteiger partial charge >= 0.3 is 0 Å². The van der Waals surface area contributed by atoms with Crippen LogP contribution in [0, 0.1) is 19.8 Å². The van der Waals surface area contributed by atoms with Gasteiger partial charge in [0.05, 0.1) is 0 Å². The molecule has 0 bridgehead atoms. The number of carbonyl (C=O) groups excluding carboxylic acids is 1. The Kier molecular flexibility index (Phi) is 3.81. The molecule has 2 aliphatic rings. The van der Waals surface area contributed by atoms with Crippen molar-refractivity contribution in [3.05, 3.63) is 52.2 Å². The Balaban J connectivity index is 1.66. The maximum absolute atomic E-state index is 12.1. The van der Waals surface area contributed by atoms with Crippen molar-refractivity contribution in [1.29, 1.82) is 0 Å². The van der Waals surface area contributed by atoms with E-state index in [2.05, 4.69) is 41.5 Å². The minimum Gasteiger partial charge on any atom is -0.366 e. The summed E-state index contributed by atoms with van der Waals surface area (Å²) in [5.74, 6) is 6.14. The largest absolute Gasteiger partial charge is 0.366 e. The van der Waals surface area contributed by atoms with Gasteiger partial charge in [0.2, 0.25) is 5.91 Å². The molecule has 3 N–H and O–H groups in total. The van der Waals surface area contributed by atoms with E-state index in [-0.39, 0.29) is 18.0 Å². The van der Waals surface area contributed by atoms with Gasteiger partial charge < -0.3 is 5.32 Å². The second-order valence-electron chi connectivity index (χ2n) is 6.93. The number of hydrogen-bond donors (Lipinski definition) is 2. The summed E-state index contributed by atoms with van der Waals surface area (Å²) in [6.45, 7) is 4.10. The lowest BCUT2D eigenvalue weighted by molar-refractivity contribution is -0.134. The third-order valence-electron chi connectivity index (χ3n) is 4.87. The number of benzene rings is 1. The number of aryl methyl sites for hydroxylation is 2. The highest BCUT2D eigenvalue weighted by atomic mass is 16.2. The quantitative estimate of drug-likeness (QED) is 0.498. The van der Waals surface area contributed by atoms with Crippen molar-refractivity contribution >= 4 is 18.2 Å². The highest BCUT2D eigenvalue weighted by molar-refractivity contribution is 5.81. The zero-order valence-electron chi connectivity index (χ0n) is 14.5. The minimum absolute atomic E-state index is 0.0172. The lowest BCUT2D eigenvalue weighted by Gasteiger charge is -2.27. The van der Waals surface area contributed by atoms with Crippen molar-refractivity contribution in [3.63, 3.8) is 0 Å². The Hall–Kier alpha value is -2.66. The topological polar surface area (TPSA) is 71.2 Å². The van der Waals surface area contributed by atoms with E-state index >= 15 is 0 Å². The van der Waals surface area contributed by atoms with Gasteiger partial charge in [0.1, 0.15) is 6.17 Å². The Morgan fingerprint density at radius 1 is 1.24 bits per heavy atom. The van der Waals surface area contributed by atoms with Gasteiger partial charge in [-0.1, -0.05) is 12.1 Å². The van der Waals surface area contributed by atoms with Crippen molar-refractivity contribution in [2.45, 2.75) is 32.9 Å². The predicted octanol–water partition coefficient (Wildman–Crippen LogP) is 0.926. The van der Waals surface area contributed by atoms with E-state index in [9.17, 15) is 4.79 Å². The van der Waals surface area contributed by atoms with E-state index in [0.29, 0.717) is 0 Å². The lowest BCUT2D eigenvalue weighted by atomic mass is 10.0. The van der Waals surface area contributed by atoms with E-state index < -0.39 is 0 Å². The maximum Gasteiger partial charge on any atom is 0.241 e. The number of pyridine rings is 1. The SMILES string of the molecule is Cc1cc(C)c(-c2ccc3c(c2)=CNC(N(N)C(=O)C2CC2)C=3)cn1. The highest BCUT2D eigenvalue weighted by Gasteiger charge is 2.34. The number of nitrogens with zero attached hydrogens (tertiary/aromatic N) is 2. The molecule has 5 nitrogen and oxygen atoms in total. The normalized spacial score (nSPS) is 18.4. The number of hydrazine groups is 1. The molecule has 1 saturated carbocycles. The van der Waals surface area contributed by atoms with Crippen LogP contribution in [0.2, 0.25) is 0 Å². The van der Waals surface area contributed by atoms with E-state index in [0.717, 1.165) is 40.1 Å². The van der Waals surface area contributed by atoms with E-state index in [1.54, 1.807) is 0 Å². The first-order valence-electron chi connectivity index (χ1n) is 8.62. The van der Waals surface area contributed by atoms with Gasteiger partial charge in [0.15, 0.2) is 0 Å². The molecule has 128 valence electrons. The van der Waals surface area contributed by atoms with Crippen molar-refractivity contribution < 1.29 is 4.79 Å². The zero-order valence-corrected chi connectivity index (χ0v) is 14.5. The Morgan fingerprint density at radius 3 is 2.76 bits per heavy atom. The molecule has 0 saturated heterocycles. The van der Waals surface area contributed by atoms with Crippen molar-refractivity contribution in [1.82, 2.24) is 15.3 Å². The van der Waals surface area contributed by atoms with Gasteiger partial charge in [0.25, 0.3) is 0 Å². The fourth-order valence-electron chi connectivity index (χ4n) is 3.25. The van der Waals surface area contributed by atoms with Crippen molar-refractivity contribution in [2.24, 2.45) is 11.8 Å². The average Bonchev–Trinajstić information content (AvgIpc) is 3.45. The van der Waals surface area contributed by atoms with Crippen LogP contribution in [0.15, 0.2) is 30.5 Å². The van der Waals surface area contributed by atoms with Gasteiger partial charge in [-0.15, -0.1) is 0 Å². The summed E-state index contributed by atoms with van der Waals surface area (Å²) >= 11 is 0. The summed E-state index contributed by atoms with van der Waals surface area (Å²) in [5.41, 5.74) is 4.49. The van der Waals surface area contributed by atoms with Crippen LogP contribution >= 0.6 is 0 Å². The average molecular weight is 334 g/mol. The second-order valence-corrected chi connectivity index (χ2v) is 6.93. The molecule has 1 atom stereocenters. The summed E-state index contributed by atoms with van der Waals surface area (Å²) in [5, 5.41) is 6.70. The van der Waals surface area contributed by atoms with Crippen LogP contribution in [0.3, 0.4) is 0 Å². The molecule has 2 aromatic rings. The molecule has 1 aromatic carbocycles. The molecular weight excluding hydrogens is 312 g/mol. The van der Waals surface area contributed by atoms with Crippen LogP contribution in [-0.2, 0) is 4.79 Å². The molecule has 4 rings (SSSR count). The van der Waals surface area contributed by atoms with Gasteiger partial charge in [-0.05, 0) is 66.5 Å². The molecule has 25 heavy (non-hydrogen) atoms. The van der Waals surface area contributed by atoms with Gasteiger partial charge in [-0.3, -0.25) is 14.8 Å². The van der Waals surface area contributed by atoms with Crippen LogP contribution in [0.5, 0.6) is 0 Å². The van der Waals surface area contributed by atoms with Crippen molar-refractivity contribution in [3.8, 4) is 11.1 Å². The molecule has 0 spiro atoms. The zero-order chi connectivity index (χ0) is 17.6. The molecule has 1 unspecified atom stereocenters. The Bertz CT molecular complexity index is 962. The summed E-state index contributed by atoms with van der Waals surface area (Å²) in [6.07, 6.45) is 7.46. The lowest BCUT2D eigenvalue weighted by Crippen LogP contribution is -2.54. The fourth-order valence-corrected chi connectivity index (χ4v) is 3.25. The molecule has 0 radical (unpaired) electrons. The van der Waals surface area contributed by atoms with Gasteiger partial charge in [-0.25, -0.2) is 5.84 Å². The number of rotatable bonds is 3. The number of hydrogen-bond acceptors (Lipinski definition) is 4. The van der Waals surface area contributed by atoms with Crippen LogP contribution in [0.25, 0.3) is 23.4 Å². The first-order valence-corrected chi connectivity index (χ1v) is 8.62. The van der Waals surface area contributed by atoms with E-state index in [1.165, 1.54) is 10.6 Å². The highest BCUT2D eigenvalue weighted by Crippen LogP contribution is 2.30. The molecule has 1 aromatic heterocycles. The smallest absolute Gasteiger partial charge is 0.241 e. The molecule has 1 aliphatic carbocycles. The van der Waals surface area contributed by atoms with Crippen LogP contribution in [-0.4, -0.2) is 22.1 Å². The van der Waals surface area contributed by atoms with Crippen LogP contribution < -0.4 is 21.6 Å². The molecule has 1 fully saturated rings. The number of fused-ring (bicyclic) bond motifs is 1. The summed E-state index contributed by atoms with van der Waals surface area (Å²) in [6, 6.07) is 8.39. The monoisotopic (exact) mass is 334 g/mol. The number of aromatic nitrogens is 1. The molecule has 5 heteroatoms. The number of nitrogens with two attached hydrogens (primary N) is 1. The Morgan fingerprint density at radius 2 is 2.04 bits per heavy atom. The first-order chi connectivity index (χ1) is 12.0. The molecule has 1 amide bonds. The molecular formula is C20H22N4O. The van der Waals surface area contributed by atoms with Crippen LogP contribution in [0.4, 0.5) is 0 Å². The summed E-state index contributed by atoms with van der Waals surface area (Å²) in [7, 11) is 0. The minimum atomic E-state index is -0.297. The first kappa shape index (κ1) is 15.8. The maximum atomic E-state index is 12.1. The van der Waals surface area contributed by atoms with Gasteiger partial charge in [-0.2, -0.15) is 0 Å². The number of carbonyl (C=O) groups is 1. The van der Waals surface area contributed by atoms with E-state index in [1.807, 2.05) is 25.4 Å². The van der Waals surface area contributed by atoms with Gasteiger partial charge in [0, 0.05) is 29.6 Å². The van der Waals surface area contributed by atoms with Crippen LogP contribution in [0.1, 0.15) is 24.1 Å². The standard InChI is InChI=1S/C20H22N4O/c1-12-7-13(2)22-11-18(12)16-6-5-15-9-19(23-10-17(15)8-16)24(21)20(25)14-3-4-14/h5-11,14,19,23H,3-4,21H2,1-2H3. The van der Waals surface area contributed by atoms with Crippen molar-refractivity contribution in [2.75, 3.05) is 0 Å². The third-order valence-corrected chi connectivity index (χ3v) is 4.87. The molecule has 2 heterocycles. The second kappa shape index (κ2) is 6.01. The summed E-state index contributed by atoms with van der Waals surface area (Å²) in [4.78, 5) is 16.6.